The number of anilines is 1. The van der Waals surface area contributed by atoms with Gasteiger partial charge in [0.1, 0.15) is 12.1 Å². The lowest BCUT2D eigenvalue weighted by Gasteiger charge is -2.39. The van der Waals surface area contributed by atoms with Crippen LogP contribution in [-0.2, 0) is 24.5 Å². The minimum absolute atomic E-state index is 0.138. The standard InChI is InChI=1S/C20H26N2O5/c1-19(2,3)27-18(25)21-11-7-10-20(13-21)14-8-5-6-9-15(14)22(17(20)24)12-16(23)26-4/h5-6,8-9H,7,10-13H2,1-4H3/t20-/m0/s1. The van der Waals surface area contributed by atoms with E-state index in [1.54, 1.807) is 4.90 Å². The Hall–Kier alpha value is -2.57. The van der Waals surface area contributed by atoms with E-state index >= 15 is 0 Å². The number of carbonyl (C=O) groups excluding carboxylic acids is 3. The van der Waals surface area contributed by atoms with Gasteiger partial charge in [0.2, 0.25) is 5.91 Å². The highest BCUT2D eigenvalue weighted by Crippen LogP contribution is 2.46. The molecule has 1 spiro atoms. The maximum Gasteiger partial charge on any atom is 0.410 e. The highest BCUT2D eigenvalue weighted by atomic mass is 16.6. The molecule has 0 unspecified atom stereocenters. The number of amides is 2. The average Bonchev–Trinajstić information content (AvgIpc) is 2.83. The van der Waals surface area contributed by atoms with Crippen LogP contribution in [0.15, 0.2) is 24.3 Å². The number of rotatable bonds is 2. The molecule has 1 atom stereocenters. The first-order chi connectivity index (χ1) is 12.7. The Morgan fingerprint density at radius 2 is 1.93 bits per heavy atom. The number of likely N-dealkylation sites (tertiary alicyclic amines) is 1. The molecule has 0 saturated carbocycles. The fraction of sp³-hybridized carbons (Fsp3) is 0.550. The van der Waals surface area contributed by atoms with E-state index in [2.05, 4.69) is 0 Å². The van der Waals surface area contributed by atoms with Gasteiger partial charge in [-0.15, -0.1) is 0 Å². The lowest BCUT2D eigenvalue weighted by Crippen LogP contribution is -2.54. The van der Waals surface area contributed by atoms with Crippen LogP contribution in [0.25, 0.3) is 0 Å². The third-order valence-electron chi connectivity index (χ3n) is 5.02. The van der Waals surface area contributed by atoms with Crippen molar-refractivity contribution in [1.82, 2.24) is 4.90 Å². The quantitative estimate of drug-likeness (QED) is 0.744. The first-order valence-electron chi connectivity index (χ1n) is 9.14. The maximum atomic E-state index is 13.4. The van der Waals surface area contributed by atoms with Gasteiger partial charge in [0.05, 0.1) is 12.5 Å². The number of para-hydroxylation sites is 1. The number of benzene rings is 1. The lowest BCUT2D eigenvalue weighted by molar-refractivity contribution is -0.140. The predicted octanol–water partition coefficient (Wildman–Crippen LogP) is 2.47. The number of ether oxygens (including phenoxy) is 2. The summed E-state index contributed by atoms with van der Waals surface area (Å²) in [6, 6.07) is 7.45. The van der Waals surface area contributed by atoms with Gasteiger partial charge in [-0.2, -0.15) is 0 Å². The molecule has 7 nitrogen and oxygen atoms in total. The van der Waals surface area contributed by atoms with Crippen LogP contribution in [0.4, 0.5) is 10.5 Å². The van der Waals surface area contributed by atoms with Crippen molar-refractivity contribution in [2.75, 3.05) is 31.6 Å². The van der Waals surface area contributed by atoms with Gasteiger partial charge in [-0.3, -0.25) is 9.59 Å². The van der Waals surface area contributed by atoms with Gasteiger partial charge < -0.3 is 19.3 Å². The topological polar surface area (TPSA) is 76.2 Å². The molecule has 1 saturated heterocycles. The molecule has 2 amide bonds. The van der Waals surface area contributed by atoms with Crippen LogP contribution in [0.3, 0.4) is 0 Å². The molecule has 2 aliphatic rings. The van der Waals surface area contributed by atoms with Gasteiger partial charge in [0.15, 0.2) is 0 Å². The number of methoxy groups -OCH3 is 1. The molecule has 0 N–H and O–H groups in total. The molecule has 2 heterocycles. The number of hydrogen-bond acceptors (Lipinski definition) is 5. The number of hydrogen-bond donors (Lipinski definition) is 0. The minimum Gasteiger partial charge on any atom is -0.468 e. The van der Waals surface area contributed by atoms with Crippen molar-refractivity contribution >= 4 is 23.7 Å². The highest BCUT2D eigenvalue weighted by Gasteiger charge is 2.54. The molecule has 27 heavy (non-hydrogen) atoms. The van der Waals surface area contributed by atoms with Crippen molar-refractivity contribution in [2.24, 2.45) is 0 Å². The highest BCUT2D eigenvalue weighted by molar-refractivity contribution is 6.10. The molecule has 3 rings (SSSR count). The monoisotopic (exact) mass is 374 g/mol. The molecule has 0 aliphatic carbocycles. The van der Waals surface area contributed by atoms with E-state index in [0.29, 0.717) is 25.1 Å². The maximum absolute atomic E-state index is 13.4. The van der Waals surface area contributed by atoms with Gasteiger partial charge in [-0.25, -0.2) is 4.79 Å². The zero-order valence-electron chi connectivity index (χ0n) is 16.3. The summed E-state index contributed by atoms with van der Waals surface area (Å²) in [6.45, 7) is 6.11. The number of carbonyl (C=O) groups is 3. The lowest BCUT2D eigenvalue weighted by atomic mass is 9.75. The molecule has 2 aliphatic heterocycles. The molecule has 1 aromatic rings. The molecule has 0 aromatic heterocycles. The Labute approximate surface area is 159 Å². The average molecular weight is 374 g/mol. The predicted molar refractivity (Wildman–Crippen MR) is 99.5 cm³/mol. The van der Waals surface area contributed by atoms with E-state index in [1.807, 2.05) is 45.0 Å². The molecule has 0 radical (unpaired) electrons. The normalized spacial score (nSPS) is 22.0. The van der Waals surface area contributed by atoms with Gasteiger partial charge in [-0.1, -0.05) is 18.2 Å². The summed E-state index contributed by atoms with van der Waals surface area (Å²) in [5, 5.41) is 0. The van der Waals surface area contributed by atoms with E-state index in [4.69, 9.17) is 9.47 Å². The number of fused-ring (bicyclic) bond motifs is 2. The van der Waals surface area contributed by atoms with Gasteiger partial charge in [0, 0.05) is 18.8 Å². The van der Waals surface area contributed by atoms with E-state index in [-0.39, 0.29) is 19.0 Å². The van der Waals surface area contributed by atoms with Crippen molar-refractivity contribution in [3.8, 4) is 0 Å². The van der Waals surface area contributed by atoms with Crippen molar-refractivity contribution in [3.05, 3.63) is 29.8 Å². The summed E-state index contributed by atoms with van der Waals surface area (Å²) in [6.07, 6.45) is 0.892. The molecule has 146 valence electrons. The van der Waals surface area contributed by atoms with E-state index < -0.39 is 23.1 Å². The molecular weight excluding hydrogens is 348 g/mol. The first-order valence-corrected chi connectivity index (χ1v) is 9.14. The Bertz CT molecular complexity index is 770. The second-order valence-corrected chi connectivity index (χ2v) is 8.07. The van der Waals surface area contributed by atoms with Crippen molar-refractivity contribution < 1.29 is 23.9 Å². The van der Waals surface area contributed by atoms with Crippen LogP contribution in [0, 0.1) is 0 Å². The van der Waals surface area contributed by atoms with Crippen LogP contribution in [0.2, 0.25) is 0 Å². The van der Waals surface area contributed by atoms with Crippen LogP contribution < -0.4 is 4.90 Å². The zero-order valence-corrected chi connectivity index (χ0v) is 16.3. The smallest absolute Gasteiger partial charge is 0.410 e. The molecule has 1 aromatic carbocycles. The van der Waals surface area contributed by atoms with Gasteiger partial charge in [0.25, 0.3) is 0 Å². The van der Waals surface area contributed by atoms with E-state index in [0.717, 1.165) is 5.56 Å². The van der Waals surface area contributed by atoms with Crippen LogP contribution in [0.1, 0.15) is 39.2 Å². The van der Waals surface area contributed by atoms with Crippen molar-refractivity contribution in [2.45, 2.75) is 44.6 Å². The van der Waals surface area contributed by atoms with Crippen molar-refractivity contribution in [3.63, 3.8) is 0 Å². The van der Waals surface area contributed by atoms with Gasteiger partial charge in [-0.05, 0) is 45.2 Å². The Morgan fingerprint density at radius 3 is 2.59 bits per heavy atom. The summed E-state index contributed by atoms with van der Waals surface area (Å²) < 4.78 is 10.2. The number of piperidine rings is 1. The van der Waals surface area contributed by atoms with Crippen molar-refractivity contribution in [1.29, 1.82) is 0 Å². The van der Waals surface area contributed by atoms with Gasteiger partial charge >= 0.3 is 12.1 Å². The summed E-state index contributed by atoms with van der Waals surface area (Å²) in [5.41, 5.74) is 0.113. The molecule has 7 heteroatoms. The second-order valence-electron chi connectivity index (χ2n) is 8.07. The van der Waals surface area contributed by atoms with E-state index in [9.17, 15) is 14.4 Å². The summed E-state index contributed by atoms with van der Waals surface area (Å²) in [4.78, 5) is 40.9. The summed E-state index contributed by atoms with van der Waals surface area (Å²) in [7, 11) is 1.30. The number of nitrogens with zero attached hydrogens (tertiary/aromatic N) is 2. The Morgan fingerprint density at radius 1 is 1.22 bits per heavy atom. The Balaban J connectivity index is 1.93. The summed E-state index contributed by atoms with van der Waals surface area (Å²) in [5.74, 6) is -0.641. The number of esters is 1. The molecule has 0 bridgehead atoms. The van der Waals surface area contributed by atoms with E-state index in [1.165, 1.54) is 12.0 Å². The SMILES string of the molecule is COC(=O)CN1C(=O)[C@]2(CCCN(C(=O)OC(C)(C)C)C2)c2ccccc21. The summed E-state index contributed by atoms with van der Waals surface area (Å²) >= 11 is 0. The Kier molecular flexibility index (Phi) is 4.88. The second kappa shape index (κ2) is 6.87. The van der Waals surface area contributed by atoms with Crippen LogP contribution >= 0.6 is 0 Å². The first kappa shape index (κ1) is 19.2. The largest absolute Gasteiger partial charge is 0.468 e. The zero-order chi connectivity index (χ0) is 19.8. The van der Waals surface area contributed by atoms with Crippen LogP contribution in [0.5, 0.6) is 0 Å². The molecular formula is C20H26N2O5. The fourth-order valence-corrected chi connectivity index (χ4v) is 3.88. The molecule has 1 fully saturated rings. The minimum atomic E-state index is -0.847. The fourth-order valence-electron chi connectivity index (χ4n) is 3.88. The van der Waals surface area contributed by atoms with Crippen LogP contribution in [-0.4, -0.2) is 55.2 Å². The third kappa shape index (κ3) is 3.50. The third-order valence-corrected chi connectivity index (χ3v) is 5.02.